The molecule has 1 amide bonds. The number of nitrogens with zero attached hydrogens (tertiary/aromatic N) is 2. The molecule has 1 N–H and O–H groups in total. The van der Waals surface area contributed by atoms with E-state index in [-0.39, 0.29) is 10.9 Å². The van der Waals surface area contributed by atoms with Gasteiger partial charge in [-0.05, 0) is 18.2 Å². The van der Waals surface area contributed by atoms with Crippen molar-refractivity contribution in [2.24, 2.45) is 0 Å². The molecule has 0 unspecified atom stereocenters. The number of rotatable bonds is 4. The number of thiophene rings is 1. The van der Waals surface area contributed by atoms with E-state index in [4.69, 9.17) is 0 Å². The van der Waals surface area contributed by atoms with Crippen LogP contribution in [0.2, 0.25) is 0 Å². The van der Waals surface area contributed by atoms with Gasteiger partial charge >= 0.3 is 5.00 Å². The van der Waals surface area contributed by atoms with Gasteiger partial charge in [0.15, 0.2) is 5.13 Å². The van der Waals surface area contributed by atoms with Crippen LogP contribution in [-0.2, 0) is 4.79 Å². The van der Waals surface area contributed by atoms with Crippen molar-refractivity contribution in [3.05, 3.63) is 38.2 Å². The van der Waals surface area contributed by atoms with E-state index in [1.165, 1.54) is 24.3 Å². The third-order valence-corrected chi connectivity index (χ3v) is 3.79. The summed E-state index contributed by atoms with van der Waals surface area (Å²) in [6.07, 6.45) is 3.50. The van der Waals surface area contributed by atoms with Crippen LogP contribution in [0.3, 0.4) is 0 Å². The lowest BCUT2D eigenvalue weighted by Crippen LogP contribution is -2.04. The average Bonchev–Trinajstić information content (AvgIpc) is 2.94. The first-order valence-corrected chi connectivity index (χ1v) is 6.89. The van der Waals surface area contributed by atoms with E-state index in [0.717, 1.165) is 16.2 Å². The Morgan fingerprint density at radius 2 is 2.26 bits per heavy atom. The van der Waals surface area contributed by atoms with Crippen LogP contribution >= 0.6 is 22.7 Å². The molecule has 19 heavy (non-hydrogen) atoms. The lowest BCUT2D eigenvalue weighted by Gasteiger charge is -1.92. The number of carbonyl (C=O) groups excluding carboxylic acids is 1. The summed E-state index contributed by atoms with van der Waals surface area (Å²) in [6.45, 7) is 1.42. The molecule has 0 aliphatic rings. The van der Waals surface area contributed by atoms with Crippen molar-refractivity contribution in [3.8, 4) is 0 Å². The number of hydrogen-bond donors (Lipinski definition) is 1. The largest absolute Gasteiger partial charge is 0.324 e. The van der Waals surface area contributed by atoms with Gasteiger partial charge in [-0.3, -0.25) is 14.9 Å². The Kier molecular flexibility index (Phi) is 4.03. The quantitative estimate of drug-likeness (QED) is 0.693. The van der Waals surface area contributed by atoms with Crippen LogP contribution in [0.4, 0.5) is 10.1 Å². The van der Waals surface area contributed by atoms with Gasteiger partial charge in [0.25, 0.3) is 0 Å². The molecule has 6 nitrogen and oxygen atoms in total. The number of hydrogen-bond acceptors (Lipinski definition) is 6. The van der Waals surface area contributed by atoms with Gasteiger partial charge in [0, 0.05) is 23.2 Å². The average molecular weight is 295 g/mol. The molecule has 0 aliphatic heterocycles. The number of carbonyl (C=O) groups is 1. The summed E-state index contributed by atoms with van der Waals surface area (Å²) in [7, 11) is 0. The summed E-state index contributed by atoms with van der Waals surface area (Å²) in [5.41, 5.74) is 0.699. The minimum atomic E-state index is -0.417. The van der Waals surface area contributed by atoms with Gasteiger partial charge < -0.3 is 5.32 Å². The second-order valence-corrected chi connectivity index (χ2v) is 5.48. The van der Waals surface area contributed by atoms with Crippen molar-refractivity contribution in [2.75, 3.05) is 5.32 Å². The van der Waals surface area contributed by atoms with Gasteiger partial charge in [-0.25, -0.2) is 4.98 Å². The normalized spacial score (nSPS) is 10.8. The second kappa shape index (κ2) is 5.72. The summed E-state index contributed by atoms with van der Waals surface area (Å²) < 4.78 is 0. The third-order valence-electron chi connectivity index (χ3n) is 2.02. The highest BCUT2D eigenvalue weighted by molar-refractivity contribution is 7.16. The fourth-order valence-electron chi connectivity index (χ4n) is 1.27. The molecule has 8 heteroatoms. The number of amides is 1. The van der Waals surface area contributed by atoms with Gasteiger partial charge in [0.1, 0.15) is 0 Å². The molecule has 2 rings (SSSR count). The molecule has 0 saturated heterocycles. The summed E-state index contributed by atoms with van der Waals surface area (Å²) in [4.78, 5) is 25.9. The van der Waals surface area contributed by atoms with Gasteiger partial charge in [-0.2, -0.15) is 0 Å². The fraction of sp³-hybridized carbons (Fsp3) is 0.0909. The van der Waals surface area contributed by atoms with E-state index in [9.17, 15) is 14.9 Å². The van der Waals surface area contributed by atoms with Crippen molar-refractivity contribution in [2.45, 2.75) is 6.92 Å². The molecular weight excluding hydrogens is 286 g/mol. The molecule has 98 valence electrons. The predicted octanol–water partition coefficient (Wildman–Crippen LogP) is 3.24. The summed E-state index contributed by atoms with van der Waals surface area (Å²) in [6, 6.07) is 3.15. The zero-order chi connectivity index (χ0) is 13.8. The fourth-order valence-corrected chi connectivity index (χ4v) is 2.72. The maximum atomic E-state index is 10.8. The molecule has 0 radical (unpaired) electrons. The smallest absolute Gasteiger partial charge is 0.302 e. The molecule has 2 heterocycles. The van der Waals surface area contributed by atoms with E-state index in [2.05, 4.69) is 10.3 Å². The van der Waals surface area contributed by atoms with Crippen LogP contribution in [0.1, 0.15) is 17.5 Å². The predicted molar refractivity (Wildman–Crippen MR) is 76.3 cm³/mol. The topological polar surface area (TPSA) is 85.1 Å². The van der Waals surface area contributed by atoms with E-state index < -0.39 is 4.92 Å². The van der Waals surface area contributed by atoms with E-state index in [0.29, 0.717) is 10.8 Å². The van der Waals surface area contributed by atoms with Crippen LogP contribution in [0, 0.1) is 10.1 Å². The monoisotopic (exact) mass is 295 g/mol. The Bertz CT molecular complexity index is 645. The van der Waals surface area contributed by atoms with Crippen LogP contribution in [0.15, 0.2) is 17.5 Å². The molecule has 2 aromatic rings. The standard InChI is InChI=1S/C11H9N3O3S2/c1-7(15)12-11-13-8(6-18-11)2-3-9-4-5-10(19-9)14(16)17/h2-6H,1H3,(H,12,13,15)/b3-2+. The molecule has 0 fully saturated rings. The van der Waals surface area contributed by atoms with Crippen molar-refractivity contribution >= 4 is 50.9 Å². The van der Waals surface area contributed by atoms with Crippen LogP contribution in [0.5, 0.6) is 0 Å². The lowest BCUT2D eigenvalue weighted by molar-refractivity contribution is -0.380. The van der Waals surface area contributed by atoms with Crippen molar-refractivity contribution in [1.82, 2.24) is 4.98 Å². The number of aromatic nitrogens is 1. The van der Waals surface area contributed by atoms with Crippen molar-refractivity contribution in [3.63, 3.8) is 0 Å². The Hall–Kier alpha value is -2.06. The molecule has 0 spiro atoms. The maximum Gasteiger partial charge on any atom is 0.324 e. The van der Waals surface area contributed by atoms with Gasteiger partial charge in [-0.15, -0.1) is 11.3 Å². The molecule has 2 aromatic heterocycles. The summed E-state index contributed by atoms with van der Waals surface area (Å²) >= 11 is 2.42. The maximum absolute atomic E-state index is 10.8. The Labute approximate surface area is 116 Å². The number of nitrogens with one attached hydrogen (secondary N) is 1. The zero-order valence-corrected chi connectivity index (χ0v) is 11.5. The summed E-state index contributed by atoms with van der Waals surface area (Å²) in [5.74, 6) is -0.168. The SMILES string of the molecule is CC(=O)Nc1nc(/C=C/c2ccc([N+](=O)[O-])s2)cs1. The van der Waals surface area contributed by atoms with Gasteiger partial charge in [0.2, 0.25) is 5.91 Å². The zero-order valence-electron chi connectivity index (χ0n) is 9.82. The summed E-state index contributed by atoms with van der Waals surface area (Å²) in [5, 5.41) is 15.6. The van der Waals surface area contributed by atoms with Crippen LogP contribution in [0.25, 0.3) is 12.2 Å². The minimum Gasteiger partial charge on any atom is -0.302 e. The van der Waals surface area contributed by atoms with E-state index in [1.54, 1.807) is 23.6 Å². The highest BCUT2D eigenvalue weighted by atomic mass is 32.1. The number of anilines is 1. The highest BCUT2D eigenvalue weighted by Gasteiger charge is 2.07. The van der Waals surface area contributed by atoms with Gasteiger partial charge in [0.05, 0.1) is 10.6 Å². The number of thiazole rings is 1. The number of nitro groups is 1. The molecule has 0 aromatic carbocycles. The highest BCUT2D eigenvalue weighted by Crippen LogP contribution is 2.26. The molecule has 0 atom stereocenters. The van der Waals surface area contributed by atoms with Crippen molar-refractivity contribution in [1.29, 1.82) is 0 Å². The minimum absolute atomic E-state index is 0.108. The Morgan fingerprint density at radius 3 is 2.89 bits per heavy atom. The Morgan fingerprint density at radius 1 is 1.47 bits per heavy atom. The first kappa shape index (κ1) is 13.4. The first-order chi connectivity index (χ1) is 9.04. The molecule has 0 saturated carbocycles. The first-order valence-electron chi connectivity index (χ1n) is 5.20. The van der Waals surface area contributed by atoms with Crippen LogP contribution in [-0.4, -0.2) is 15.8 Å². The molecule has 0 bridgehead atoms. The second-order valence-electron chi connectivity index (χ2n) is 3.53. The van der Waals surface area contributed by atoms with E-state index in [1.807, 2.05) is 0 Å². The van der Waals surface area contributed by atoms with Crippen LogP contribution < -0.4 is 5.32 Å². The third kappa shape index (κ3) is 3.70. The van der Waals surface area contributed by atoms with E-state index >= 15 is 0 Å². The molecular formula is C11H9N3O3S2. The lowest BCUT2D eigenvalue weighted by atomic mass is 10.3. The Balaban J connectivity index is 2.07. The van der Waals surface area contributed by atoms with Gasteiger partial charge in [-0.1, -0.05) is 11.3 Å². The molecule has 0 aliphatic carbocycles. The van der Waals surface area contributed by atoms with Crippen molar-refractivity contribution < 1.29 is 9.72 Å².